The third kappa shape index (κ3) is 5.05. The lowest BCUT2D eigenvalue weighted by Crippen LogP contribution is -2.50. The van der Waals surface area contributed by atoms with E-state index in [1.807, 2.05) is 0 Å². The maximum absolute atomic E-state index is 12.6. The van der Waals surface area contributed by atoms with Crippen LogP contribution in [0.3, 0.4) is 0 Å². The first-order chi connectivity index (χ1) is 15.0. The second-order valence-electron chi connectivity index (χ2n) is 9.80. The Morgan fingerprint density at radius 2 is 1.81 bits per heavy atom. The first-order valence-electron chi connectivity index (χ1n) is 11.9. The summed E-state index contributed by atoms with van der Waals surface area (Å²) in [6, 6.07) is 8.94. The lowest BCUT2D eigenvalue weighted by atomic mass is 9.69. The molecule has 2 saturated heterocycles. The summed E-state index contributed by atoms with van der Waals surface area (Å²) >= 11 is 0. The van der Waals surface area contributed by atoms with Crippen LogP contribution in [-0.4, -0.2) is 68.0 Å². The van der Waals surface area contributed by atoms with Crippen molar-refractivity contribution >= 4 is 11.8 Å². The average Bonchev–Trinajstić information content (AvgIpc) is 3.14. The molecule has 2 aliphatic heterocycles. The highest BCUT2D eigenvalue weighted by Crippen LogP contribution is 2.41. The van der Waals surface area contributed by atoms with Gasteiger partial charge in [0.05, 0.1) is 13.0 Å². The molecule has 1 saturated carbocycles. The Morgan fingerprint density at radius 3 is 2.39 bits per heavy atom. The molecular weight excluding hydrogens is 390 g/mol. The second kappa shape index (κ2) is 9.60. The summed E-state index contributed by atoms with van der Waals surface area (Å²) in [5.41, 5.74) is 1.67. The number of nitrogens with one attached hydrogen (secondary N) is 1. The molecule has 4 rings (SSSR count). The molecule has 6 nitrogen and oxygen atoms in total. The van der Waals surface area contributed by atoms with E-state index in [-0.39, 0.29) is 29.2 Å². The Kier molecular flexibility index (Phi) is 6.85. The number of nitrogens with zero attached hydrogens (tertiary/aromatic N) is 2. The molecule has 1 aliphatic carbocycles. The predicted molar refractivity (Wildman–Crippen MR) is 121 cm³/mol. The van der Waals surface area contributed by atoms with E-state index >= 15 is 0 Å². The molecule has 0 aromatic heterocycles. The summed E-state index contributed by atoms with van der Waals surface area (Å²) in [7, 11) is 3.50. The van der Waals surface area contributed by atoms with Crippen molar-refractivity contribution < 1.29 is 14.3 Å². The summed E-state index contributed by atoms with van der Waals surface area (Å²) in [6.45, 7) is 3.69. The van der Waals surface area contributed by atoms with Gasteiger partial charge in [0.2, 0.25) is 11.8 Å². The number of methoxy groups -OCH3 is 1. The fourth-order valence-electron chi connectivity index (χ4n) is 5.73. The van der Waals surface area contributed by atoms with Gasteiger partial charge in [-0.1, -0.05) is 31.4 Å². The monoisotopic (exact) mass is 427 g/mol. The van der Waals surface area contributed by atoms with Crippen molar-refractivity contribution in [1.29, 1.82) is 0 Å². The van der Waals surface area contributed by atoms with Crippen LogP contribution in [0.5, 0.6) is 5.75 Å². The van der Waals surface area contributed by atoms with Gasteiger partial charge in [0.25, 0.3) is 0 Å². The quantitative estimate of drug-likeness (QED) is 0.758. The van der Waals surface area contributed by atoms with Crippen molar-refractivity contribution in [1.82, 2.24) is 15.1 Å². The number of ether oxygens (including phenoxy) is 1. The molecule has 1 unspecified atom stereocenters. The van der Waals surface area contributed by atoms with E-state index in [0.29, 0.717) is 13.0 Å². The SMILES string of the molecule is COc1ccc(C2(CN3CCC(NC(=O)C4CC(=O)N(C)C4)CC3)CCCCC2)cc1. The minimum atomic E-state index is -0.184. The van der Waals surface area contributed by atoms with E-state index in [9.17, 15) is 9.59 Å². The molecule has 31 heavy (non-hydrogen) atoms. The maximum Gasteiger partial charge on any atom is 0.225 e. The number of rotatable bonds is 6. The molecule has 2 amide bonds. The molecule has 1 N–H and O–H groups in total. The van der Waals surface area contributed by atoms with E-state index in [1.165, 1.54) is 37.7 Å². The number of carbonyl (C=O) groups excluding carboxylic acids is 2. The molecule has 0 radical (unpaired) electrons. The first kappa shape index (κ1) is 22.1. The van der Waals surface area contributed by atoms with Crippen LogP contribution in [0, 0.1) is 5.92 Å². The molecular formula is C25H37N3O3. The Bertz CT molecular complexity index is 765. The lowest BCUT2D eigenvalue weighted by molar-refractivity contribution is -0.128. The molecule has 3 aliphatic rings. The van der Waals surface area contributed by atoms with Crippen molar-refractivity contribution in [3.05, 3.63) is 29.8 Å². The van der Waals surface area contributed by atoms with E-state index in [4.69, 9.17) is 4.74 Å². The van der Waals surface area contributed by atoms with Gasteiger partial charge in [0, 0.05) is 51.1 Å². The molecule has 170 valence electrons. The minimum Gasteiger partial charge on any atom is -0.497 e. The van der Waals surface area contributed by atoms with Gasteiger partial charge < -0.3 is 19.9 Å². The number of benzene rings is 1. The van der Waals surface area contributed by atoms with E-state index in [0.717, 1.165) is 38.2 Å². The third-order valence-corrected chi connectivity index (χ3v) is 7.69. The van der Waals surface area contributed by atoms with Crippen molar-refractivity contribution in [2.45, 2.75) is 62.8 Å². The van der Waals surface area contributed by atoms with Crippen LogP contribution in [0.25, 0.3) is 0 Å². The van der Waals surface area contributed by atoms with Gasteiger partial charge in [0.1, 0.15) is 5.75 Å². The predicted octanol–water partition coefficient (Wildman–Crippen LogP) is 2.96. The third-order valence-electron chi connectivity index (χ3n) is 7.69. The highest BCUT2D eigenvalue weighted by atomic mass is 16.5. The summed E-state index contributed by atoms with van der Waals surface area (Å²) in [6.07, 6.45) is 8.76. The average molecular weight is 428 g/mol. The van der Waals surface area contributed by atoms with Gasteiger partial charge in [-0.25, -0.2) is 0 Å². The fraction of sp³-hybridized carbons (Fsp3) is 0.680. The van der Waals surface area contributed by atoms with Crippen molar-refractivity contribution in [2.24, 2.45) is 5.92 Å². The van der Waals surface area contributed by atoms with E-state index < -0.39 is 0 Å². The van der Waals surface area contributed by atoms with Gasteiger partial charge in [-0.2, -0.15) is 0 Å². The van der Waals surface area contributed by atoms with Crippen LogP contribution >= 0.6 is 0 Å². The van der Waals surface area contributed by atoms with Gasteiger partial charge in [-0.3, -0.25) is 9.59 Å². The van der Waals surface area contributed by atoms with Crippen LogP contribution in [0.2, 0.25) is 0 Å². The molecule has 3 fully saturated rings. The van der Waals surface area contributed by atoms with E-state index in [2.05, 4.69) is 34.5 Å². The second-order valence-corrected chi connectivity index (χ2v) is 9.80. The Hall–Kier alpha value is -2.08. The molecule has 0 bridgehead atoms. The molecule has 1 aromatic rings. The van der Waals surface area contributed by atoms with Crippen LogP contribution in [0.4, 0.5) is 0 Å². The zero-order valence-corrected chi connectivity index (χ0v) is 19.1. The van der Waals surface area contributed by atoms with Crippen molar-refractivity contribution in [3.63, 3.8) is 0 Å². The van der Waals surface area contributed by atoms with Crippen molar-refractivity contribution in [3.8, 4) is 5.75 Å². The first-order valence-corrected chi connectivity index (χ1v) is 11.9. The number of hydrogen-bond donors (Lipinski definition) is 1. The Balaban J connectivity index is 1.33. The maximum atomic E-state index is 12.6. The molecule has 1 aromatic carbocycles. The molecule has 2 heterocycles. The summed E-state index contributed by atoms with van der Waals surface area (Å²) in [5, 5.41) is 3.22. The van der Waals surface area contributed by atoms with Crippen LogP contribution in [0.1, 0.15) is 56.9 Å². The number of piperidine rings is 1. The molecule has 1 atom stereocenters. The van der Waals surface area contributed by atoms with Crippen LogP contribution in [-0.2, 0) is 15.0 Å². The molecule has 0 spiro atoms. The highest BCUT2D eigenvalue weighted by molar-refractivity contribution is 5.89. The highest BCUT2D eigenvalue weighted by Gasteiger charge is 2.37. The van der Waals surface area contributed by atoms with Crippen molar-refractivity contribution in [2.75, 3.05) is 40.3 Å². The zero-order chi connectivity index (χ0) is 21.8. The summed E-state index contributed by atoms with van der Waals surface area (Å²) in [5.74, 6) is 0.863. The zero-order valence-electron chi connectivity index (χ0n) is 19.1. The van der Waals surface area contributed by atoms with Crippen LogP contribution in [0.15, 0.2) is 24.3 Å². The van der Waals surface area contributed by atoms with Gasteiger partial charge >= 0.3 is 0 Å². The van der Waals surface area contributed by atoms with Gasteiger partial charge in [-0.15, -0.1) is 0 Å². The fourth-order valence-corrected chi connectivity index (χ4v) is 5.73. The standard InChI is InChI=1S/C25H37N3O3/c1-27-17-19(16-23(27)29)24(30)26-21-10-14-28(15-11-21)18-25(12-4-3-5-13-25)20-6-8-22(31-2)9-7-20/h6-9,19,21H,3-5,10-18H2,1-2H3,(H,26,30). The van der Waals surface area contributed by atoms with Gasteiger partial charge in [-0.05, 0) is 43.4 Å². The Morgan fingerprint density at radius 1 is 1.13 bits per heavy atom. The molecule has 6 heteroatoms. The lowest BCUT2D eigenvalue weighted by Gasteiger charge is -2.44. The number of amides is 2. The van der Waals surface area contributed by atoms with E-state index in [1.54, 1.807) is 19.1 Å². The largest absolute Gasteiger partial charge is 0.497 e. The number of carbonyl (C=O) groups is 2. The van der Waals surface area contributed by atoms with Crippen LogP contribution < -0.4 is 10.1 Å². The number of likely N-dealkylation sites (tertiary alicyclic amines) is 2. The number of hydrogen-bond acceptors (Lipinski definition) is 4. The topological polar surface area (TPSA) is 61.9 Å². The van der Waals surface area contributed by atoms with Gasteiger partial charge in [0.15, 0.2) is 0 Å². The smallest absolute Gasteiger partial charge is 0.225 e. The minimum absolute atomic E-state index is 0.0538. The Labute approximate surface area is 186 Å². The summed E-state index contributed by atoms with van der Waals surface area (Å²) in [4.78, 5) is 28.6. The normalized spacial score (nSPS) is 24.9. The summed E-state index contributed by atoms with van der Waals surface area (Å²) < 4.78 is 5.37.